The highest BCUT2D eigenvalue weighted by Crippen LogP contribution is 2.41. The minimum absolute atomic E-state index is 0.0925. The van der Waals surface area contributed by atoms with Gasteiger partial charge in [-0.3, -0.25) is 0 Å². The van der Waals surface area contributed by atoms with Crippen LogP contribution in [0.25, 0.3) is 0 Å². The Morgan fingerprint density at radius 1 is 1.32 bits per heavy atom. The van der Waals surface area contributed by atoms with E-state index in [9.17, 15) is 4.39 Å². The first-order valence-electron chi connectivity index (χ1n) is 8.38. The number of nitrogens with one attached hydrogen (secondary N) is 1. The monoisotopic (exact) mass is 345 g/mol. The Kier molecular flexibility index (Phi) is 4.14. The Morgan fingerprint density at radius 2 is 2.16 bits per heavy atom. The third-order valence-electron chi connectivity index (χ3n) is 4.44. The highest BCUT2D eigenvalue weighted by Gasteiger charge is 2.29. The Morgan fingerprint density at radius 3 is 2.88 bits per heavy atom. The van der Waals surface area contributed by atoms with Gasteiger partial charge >= 0.3 is 0 Å². The van der Waals surface area contributed by atoms with Crippen LogP contribution in [0.1, 0.15) is 31.2 Å². The van der Waals surface area contributed by atoms with Gasteiger partial charge in [-0.15, -0.1) is 5.10 Å². The number of rotatable bonds is 4. The maximum absolute atomic E-state index is 14.5. The zero-order valence-corrected chi connectivity index (χ0v) is 13.6. The van der Waals surface area contributed by atoms with Crippen molar-refractivity contribution >= 4 is 0 Å². The molecule has 7 nitrogen and oxygen atoms in total. The number of halogens is 1. The average molecular weight is 345 g/mol. The van der Waals surface area contributed by atoms with Crippen LogP contribution >= 0.6 is 0 Å². The fourth-order valence-electron chi connectivity index (χ4n) is 3.00. The van der Waals surface area contributed by atoms with Gasteiger partial charge in [-0.05, 0) is 36.8 Å². The summed E-state index contributed by atoms with van der Waals surface area (Å²) in [6.07, 6.45) is 10.1. The van der Waals surface area contributed by atoms with Crippen molar-refractivity contribution in [2.24, 2.45) is 5.92 Å². The first-order chi connectivity index (χ1) is 12.1. The first-order valence-corrected chi connectivity index (χ1v) is 8.38. The second-order valence-corrected chi connectivity index (χ2v) is 6.48. The van der Waals surface area contributed by atoms with Crippen molar-refractivity contribution in [3.8, 4) is 0 Å². The average Bonchev–Trinajstić information content (AvgIpc) is 3.29. The number of hydrogen-bond acceptors (Lipinski definition) is 6. The van der Waals surface area contributed by atoms with E-state index >= 15 is 0 Å². The van der Waals surface area contributed by atoms with E-state index in [0.717, 1.165) is 24.1 Å². The smallest absolute Gasteiger partial charge is 0.199 e. The summed E-state index contributed by atoms with van der Waals surface area (Å²) in [7, 11) is 0. The van der Waals surface area contributed by atoms with Gasteiger partial charge in [0.1, 0.15) is 11.5 Å². The number of aliphatic hydroxyl groups is 2. The summed E-state index contributed by atoms with van der Waals surface area (Å²) in [5, 5.41) is 29.2. The summed E-state index contributed by atoms with van der Waals surface area (Å²) < 4.78 is 16.0. The molecule has 132 valence electrons. The molecular formula is C17H20FN5O2. The molecule has 0 bridgehead atoms. The van der Waals surface area contributed by atoms with Gasteiger partial charge in [-0.25, -0.2) is 9.07 Å². The van der Waals surface area contributed by atoms with Crippen LogP contribution in [0.3, 0.4) is 0 Å². The lowest BCUT2D eigenvalue weighted by Gasteiger charge is -2.27. The molecule has 2 aliphatic heterocycles. The molecule has 1 saturated carbocycles. The number of fused-ring (bicyclic) bond motifs is 1. The van der Waals surface area contributed by atoms with E-state index in [1.54, 1.807) is 6.08 Å². The van der Waals surface area contributed by atoms with Gasteiger partial charge in [0.25, 0.3) is 0 Å². The molecule has 0 saturated heterocycles. The molecule has 1 aliphatic carbocycles. The SMILES string of the molecule is OC(O)c1cn(C/C2=C/N3C=C(C4CC4)C=C(F)/C3=C\CCN2)nn1. The molecule has 3 heterocycles. The van der Waals surface area contributed by atoms with Crippen molar-refractivity contribution in [3.63, 3.8) is 0 Å². The highest BCUT2D eigenvalue weighted by molar-refractivity contribution is 5.42. The molecule has 1 aromatic rings. The minimum Gasteiger partial charge on any atom is -0.385 e. The Hall–Kier alpha value is -2.45. The van der Waals surface area contributed by atoms with Gasteiger partial charge in [-0.1, -0.05) is 11.3 Å². The Labute approximate surface area is 144 Å². The van der Waals surface area contributed by atoms with E-state index in [2.05, 4.69) is 15.6 Å². The fraction of sp³-hybridized carbons (Fsp3) is 0.412. The van der Waals surface area contributed by atoms with E-state index in [4.69, 9.17) is 10.2 Å². The predicted molar refractivity (Wildman–Crippen MR) is 87.8 cm³/mol. The van der Waals surface area contributed by atoms with Crippen LogP contribution < -0.4 is 5.32 Å². The molecule has 3 aliphatic rings. The number of allylic oxidation sites excluding steroid dienone is 4. The molecule has 1 fully saturated rings. The number of nitrogens with zero attached hydrogens (tertiary/aromatic N) is 4. The number of aliphatic hydroxyl groups excluding tert-OH is 1. The van der Waals surface area contributed by atoms with Crippen molar-refractivity contribution in [2.75, 3.05) is 6.54 Å². The van der Waals surface area contributed by atoms with E-state index in [0.29, 0.717) is 31.1 Å². The Balaban J connectivity index is 1.59. The molecule has 3 N–H and O–H groups in total. The molecule has 0 atom stereocenters. The predicted octanol–water partition coefficient (Wildman–Crippen LogP) is 1.44. The van der Waals surface area contributed by atoms with Crippen LogP contribution in [0, 0.1) is 5.92 Å². The molecule has 25 heavy (non-hydrogen) atoms. The van der Waals surface area contributed by atoms with Gasteiger partial charge in [0.2, 0.25) is 0 Å². The van der Waals surface area contributed by atoms with Crippen LogP contribution in [-0.2, 0) is 6.54 Å². The highest BCUT2D eigenvalue weighted by atomic mass is 19.1. The van der Waals surface area contributed by atoms with Crippen LogP contribution in [0.15, 0.2) is 53.5 Å². The van der Waals surface area contributed by atoms with Gasteiger partial charge < -0.3 is 20.4 Å². The van der Waals surface area contributed by atoms with E-state index in [-0.39, 0.29) is 11.5 Å². The second-order valence-electron chi connectivity index (χ2n) is 6.48. The summed E-state index contributed by atoms with van der Waals surface area (Å²) >= 11 is 0. The largest absolute Gasteiger partial charge is 0.385 e. The number of hydrogen-bond donors (Lipinski definition) is 3. The van der Waals surface area contributed by atoms with E-state index in [1.807, 2.05) is 23.4 Å². The van der Waals surface area contributed by atoms with Crippen molar-refractivity contribution in [1.29, 1.82) is 0 Å². The quantitative estimate of drug-likeness (QED) is 0.716. The molecule has 8 heteroatoms. The van der Waals surface area contributed by atoms with Crippen LogP contribution in [0.5, 0.6) is 0 Å². The summed E-state index contributed by atoms with van der Waals surface area (Å²) in [5.74, 6) is 0.264. The molecule has 4 rings (SSSR count). The summed E-state index contributed by atoms with van der Waals surface area (Å²) in [4.78, 5) is 1.82. The van der Waals surface area contributed by atoms with Crippen molar-refractivity contribution < 1.29 is 14.6 Å². The third-order valence-corrected chi connectivity index (χ3v) is 4.44. The lowest BCUT2D eigenvalue weighted by Crippen LogP contribution is -2.26. The lowest BCUT2D eigenvalue weighted by molar-refractivity contribution is -0.0459. The molecule has 0 radical (unpaired) electrons. The third kappa shape index (κ3) is 3.49. The zero-order chi connectivity index (χ0) is 17.4. The topological polar surface area (TPSA) is 86.4 Å². The van der Waals surface area contributed by atoms with Crippen LogP contribution in [0.2, 0.25) is 0 Å². The summed E-state index contributed by atoms with van der Waals surface area (Å²) in [6.45, 7) is 1.06. The van der Waals surface area contributed by atoms with Crippen LogP contribution in [0.4, 0.5) is 4.39 Å². The summed E-state index contributed by atoms with van der Waals surface area (Å²) in [5.41, 5.74) is 2.52. The Bertz CT molecular complexity index is 789. The molecule has 0 amide bonds. The maximum Gasteiger partial charge on any atom is 0.199 e. The minimum atomic E-state index is -1.65. The first kappa shape index (κ1) is 16.0. The van der Waals surface area contributed by atoms with Crippen molar-refractivity contribution in [2.45, 2.75) is 32.1 Å². The number of aromatic nitrogens is 3. The van der Waals surface area contributed by atoms with Crippen LogP contribution in [-0.4, -0.2) is 36.7 Å². The van der Waals surface area contributed by atoms with Gasteiger partial charge in [0.15, 0.2) is 6.29 Å². The van der Waals surface area contributed by atoms with Gasteiger partial charge in [-0.2, -0.15) is 0 Å². The lowest BCUT2D eigenvalue weighted by atomic mass is 10.1. The fourth-order valence-corrected chi connectivity index (χ4v) is 3.00. The van der Waals surface area contributed by atoms with Crippen molar-refractivity contribution in [3.05, 3.63) is 59.2 Å². The molecule has 0 aromatic carbocycles. The van der Waals surface area contributed by atoms with Crippen molar-refractivity contribution in [1.82, 2.24) is 25.2 Å². The van der Waals surface area contributed by atoms with E-state index in [1.165, 1.54) is 10.9 Å². The van der Waals surface area contributed by atoms with Gasteiger partial charge in [0.05, 0.1) is 18.4 Å². The second kappa shape index (κ2) is 6.45. The maximum atomic E-state index is 14.5. The normalized spacial score (nSPS) is 24.9. The summed E-state index contributed by atoms with van der Waals surface area (Å²) in [6, 6.07) is 0. The molecule has 0 spiro atoms. The van der Waals surface area contributed by atoms with E-state index < -0.39 is 6.29 Å². The van der Waals surface area contributed by atoms with Gasteiger partial charge in [0, 0.05) is 24.6 Å². The molecular weight excluding hydrogens is 325 g/mol. The zero-order valence-electron chi connectivity index (χ0n) is 13.6. The molecule has 1 aromatic heterocycles. The standard InChI is InChI=1S/C17H20FN5O2/c18-14-6-12(11-3-4-11)7-22-8-13(19-5-1-2-16(14)22)9-23-10-15(17(24)25)20-21-23/h2,6-8,10-11,17,19,24-25H,1,3-5,9H2/b13-8-,16-2+. The molecule has 0 unspecified atom stereocenters.